The first kappa shape index (κ1) is 14.9. The van der Waals surface area contributed by atoms with Gasteiger partial charge in [0, 0.05) is 18.7 Å². The minimum absolute atomic E-state index is 0.0763. The van der Waals surface area contributed by atoms with E-state index >= 15 is 0 Å². The van der Waals surface area contributed by atoms with Crippen molar-refractivity contribution in [2.24, 2.45) is 0 Å². The second-order valence-electron chi connectivity index (χ2n) is 5.34. The number of anilines is 2. The van der Waals surface area contributed by atoms with Crippen LogP contribution in [0.2, 0.25) is 0 Å². The topological polar surface area (TPSA) is 47.7 Å². The maximum Gasteiger partial charge on any atom is 0.167 e. The lowest BCUT2D eigenvalue weighted by molar-refractivity contribution is 0.0930. The van der Waals surface area contributed by atoms with Crippen LogP contribution in [0.15, 0.2) is 12.1 Å². The molecular formula is C15H23FN2O2. The molecule has 4 nitrogen and oxygen atoms in total. The Morgan fingerprint density at radius 2 is 2.25 bits per heavy atom. The highest BCUT2D eigenvalue weighted by Crippen LogP contribution is 2.34. The number of rotatable bonds is 4. The number of benzene rings is 1. The normalized spacial score (nSPS) is 19.4. The van der Waals surface area contributed by atoms with Crippen molar-refractivity contribution in [2.75, 3.05) is 30.4 Å². The van der Waals surface area contributed by atoms with Gasteiger partial charge in [-0.15, -0.1) is 0 Å². The highest BCUT2D eigenvalue weighted by molar-refractivity contribution is 5.70. The third-order valence-electron chi connectivity index (χ3n) is 3.45. The van der Waals surface area contributed by atoms with Crippen LogP contribution in [-0.4, -0.2) is 31.9 Å². The summed E-state index contributed by atoms with van der Waals surface area (Å²) in [5.41, 5.74) is 7.27. The summed E-state index contributed by atoms with van der Waals surface area (Å²) in [4.78, 5) is 2.19. The highest BCUT2D eigenvalue weighted by Gasteiger charge is 2.24. The summed E-state index contributed by atoms with van der Waals surface area (Å²) in [6.07, 6.45) is 0.879. The van der Waals surface area contributed by atoms with Gasteiger partial charge in [0.15, 0.2) is 11.6 Å². The quantitative estimate of drug-likeness (QED) is 0.863. The van der Waals surface area contributed by atoms with Gasteiger partial charge < -0.3 is 20.1 Å². The minimum Gasteiger partial charge on any atom is -0.488 e. The molecule has 1 aromatic carbocycles. The number of nitrogens with zero attached hydrogens (tertiary/aromatic N) is 1. The monoisotopic (exact) mass is 282 g/mol. The van der Waals surface area contributed by atoms with Crippen molar-refractivity contribution in [3.63, 3.8) is 0 Å². The average molecular weight is 282 g/mol. The van der Waals surface area contributed by atoms with E-state index in [1.807, 2.05) is 13.8 Å². The van der Waals surface area contributed by atoms with Gasteiger partial charge in [-0.05, 0) is 20.3 Å². The molecule has 2 N–H and O–H groups in total. The lowest BCUT2D eigenvalue weighted by atomic mass is 10.1. The lowest BCUT2D eigenvalue weighted by Crippen LogP contribution is -2.45. The number of hydrogen-bond donors (Lipinski definition) is 1. The van der Waals surface area contributed by atoms with E-state index in [1.54, 1.807) is 6.07 Å². The number of hydrogen-bond acceptors (Lipinski definition) is 4. The Morgan fingerprint density at radius 3 is 2.90 bits per heavy atom. The zero-order chi connectivity index (χ0) is 14.7. The molecule has 1 fully saturated rings. The fraction of sp³-hybridized carbons (Fsp3) is 0.600. The summed E-state index contributed by atoms with van der Waals surface area (Å²) in [6, 6.07) is 3.32. The molecule has 0 bridgehead atoms. The summed E-state index contributed by atoms with van der Waals surface area (Å²) in [5.74, 6) is -0.160. The minimum atomic E-state index is -0.416. The van der Waals surface area contributed by atoms with E-state index in [4.69, 9.17) is 15.2 Å². The van der Waals surface area contributed by atoms with Crippen molar-refractivity contribution in [3.05, 3.63) is 17.9 Å². The second kappa shape index (κ2) is 6.31. The van der Waals surface area contributed by atoms with Crippen molar-refractivity contribution in [2.45, 2.75) is 39.3 Å². The fourth-order valence-electron chi connectivity index (χ4n) is 2.46. The van der Waals surface area contributed by atoms with E-state index in [-0.39, 0.29) is 17.9 Å². The van der Waals surface area contributed by atoms with Gasteiger partial charge in [-0.1, -0.05) is 6.92 Å². The van der Waals surface area contributed by atoms with Gasteiger partial charge in [0.2, 0.25) is 0 Å². The second-order valence-corrected chi connectivity index (χ2v) is 5.34. The van der Waals surface area contributed by atoms with Gasteiger partial charge in [-0.3, -0.25) is 0 Å². The molecule has 1 unspecified atom stereocenters. The molecule has 1 aliphatic heterocycles. The van der Waals surface area contributed by atoms with Crippen LogP contribution in [0.3, 0.4) is 0 Å². The molecule has 0 amide bonds. The van der Waals surface area contributed by atoms with Gasteiger partial charge in [0.25, 0.3) is 0 Å². The molecular weight excluding hydrogens is 259 g/mol. The summed E-state index contributed by atoms with van der Waals surface area (Å²) in [6.45, 7) is 7.95. The van der Waals surface area contributed by atoms with Gasteiger partial charge in [-0.2, -0.15) is 0 Å². The van der Waals surface area contributed by atoms with E-state index in [1.165, 1.54) is 6.07 Å². The molecule has 0 aromatic heterocycles. The van der Waals surface area contributed by atoms with Crippen LogP contribution in [0.25, 0.3) is 0 Å². The van der Waals surface area contributed by atoms with Crippen LogP contribution < -0.4 is 15.4 Å². The Bertz CT molecular complexity index is 465. The van der Waals surface area contributed by atoms with Gasteiger partial charge >= 0.3 is 0 Å². The van der Waals surface area contributed by atoms with Crippen LogP contribution in [0.5, 0.6) is 5.75 Å². The molecule has 1 saturated heterocycles. The Labute approximate surface area is 119 Å². The third kappa shape index (κ3) is 3.15. The molecule has 2 rings (SSSR count). The number of nitrogens with two attached hydrogens (primary N) is 1. The van der Waals surface area contributed by atoms with Gasteiger partial charge in [0.05, 0.1) is 36.7 Å². The van der Waals surface area contributed by atoms with Crippen molar-refractivity contribution in [1.82, 2.24) is 0 Å². The predicted molar refractivity (Wildman–Crippen MR) is 78.8 cm³/mol. The van der Waals surface area contributed by atoms with Gasteiger partial charge in [-0.25, -0.2) is 4.39 Å². The maximum atomic E-state index is 13.9. The lowest BCUT2D eigenvalue weighted by Gasteiger charge is -2.37. The Morgan fingerprint density at radius 1 is 1.50 bits per heavy atom. The Hall–Kier alpha value is -1.49. The molecule has 0 saturated carbocycles. The molecule has 112 valence electrons. The summed E-state index contributed by atoms with van der Waals surface area (Å²) >= 11 is 0. The highest BCUT2D eigenvalue weighted by atomic mass is 19.1. The fourth-order valence-corrected chi connectivity index (χ4v) is 2.46. The van der Waals surface area contributed by atoms with E-state index in [9.17, 15) is 4.39 Å². The summed E-state index contributed by atoms with van der Waals surface area (Å²) in [5, 5.41) is 0. The summed E-state index contributed by atoms with van der Waals surface area (Å²) in [7, 11) is 0. The van der Waals surface area contributed by atoms with Crippen LogP contribution in [0.4, 0.5) is 15.8 Å². The maximum absolute atomic E-state index is 13.9. The molecule has 1 aromatic rings. The first-order valence-corrected chi connectivity index (χ1v) is 7.13. The predicted octanol–water partition coefficient (Wildman–Crippen LogP) is 2.81. The number of nitrogen functional groups attached to an aromatic ring is 1. The zero-order valence-electron chi connectivity index (χ0n) is 12.4. The molecule has 5 heteroatoms. The largest absolute Gasteiger partial charge is 0.488 e. The van der Waals surface area contributed by atoms with E-state index < -0.39 is 5.82 Å². The molecule has 0 radical (unpaired) electrons. The first-order chi connectivity index (χ1) is 9.52. The smallest absolute Gasteiger partial charge is 0.167 e. The molecule has 0 spiro atoms. The average Bonchev–Trinajstić information content (AvgIpc) is 2.41. The van der Waals surface area contributed by atoms with Crippen molar-refractivity contribution >= 4 is 11.4 Å². The number of halogens is 1. The summed E-state index contributed by atoms with van der Waals surface area (Å²) < 4.78 is 24.9. The van der Waals surface area contributed by atoms with Crippen LogP contribution in [-0.2, 0) is 4.74 Å². The number of morpholine rings is 1. The van der Waals surface area contributed by atoms with Crippen LogP contribution in [0, 0.1) is 5.82 Å². The third-order valence-corrected chi connectivity index (χ3v) is 3.45. The van der Waals surface area contributed by atoms with Crippen molar-refractivity contribution in [1.29, 1.82) is 0 Å². The first-order valence-electron chi connectivity index (χ1n) is 7.13. The molecule has 1 atom stereocenters. The Balaban J connectivity index is 2.34. The van der Waals surface area contributed by atoms with Crippen LogP contribution >= 0.6 is 0 Å². The Kier molecular flexibility index (Phi) is 4.70. The molecule has 0 aliphatic carbocycles. The van der Waals surface area contributed by atoms with E-state index in [0.717, 1.165) is 18.7 Å². The SMILES string of the molecule is CCC1COCCN1c1cc(OC(C)C)c(F)cc1N. The standard InChI is InChI=1S/C15H23FN2O2/c1-4-11-9-19-6-5-18(11)14-8-15(20-10(2)3)12(16)7-13(14)17/h7-8,10-11H,4-6,9,17H2,1-3H3. The van der Waals surface area contributed by atoms with Crippen molar-refractivity contribution in [3.8, 4) is 5.75 Å². The molecule has 1 aliphatic rings. The zero-order valence-corrected chi connectivity index (χ0v) is 12.4. The van der Waals surface area contributed by atoms with Crippen molar-refractivity contribution < 1.29 is 13.9 Å². The van der Waals surface area contributed by atoms with E-state index in [2.05, 4.69) is 11.8 Å². The molecule has 20 heavy (non-hydrogen) atoms. The van der Waals surface area contributed by atoms with Crippen LogP contribution in [0.1, 0.15) is 27.2 Å². The number of ether oxygens (including phenoxy) is 2. The van der Waals surface area contributed by atoms with E-state index in [0.29, 0.717) is 18.9 Å². The molecule has 1 heterocycles. The van der Waals surface area contributed by atoms with Gasteiger partial charge in [0.1, 0.15) is 0 Å².